The lowest BCUT2D eigenvalue weighted by Crippen LogP contribution is -2.42. The SMILES string of the molecule is CCC(=O)NCCOCCOCC(=O)NC(CCCCNC(=O)CS)C(=O)O. The van der Waals surface area contributed by atoms with Crippen LogP contribution < -0.4 is 16.0 Å². The molecule has 1 unspecified atom stereocenters. The van der Waals surface area contributed by atoms with Crippen molar-refractivity contribution in [3.63, 3.8) is 0 Å². The van der Waals surface area contributed by atoms with E-state index < -0.39 is 17.9 Å². The van der Waals surface area contributed by atoms with Crippen LogP contribution in [0.25, 0.3) is 0 Å². The summed E-state index contributed by atoms with van der Waals surface area (Å²) in [7, 11) is 0. The summed E-state index contributed by atoms with van der Waals surface area (Å²) in [5.41, 5.74) is 0. The predicted molar refractivity (Wildman–Crippen MR) is 105 cm³/mol. The zero-order chi connectivity index (χ0) is 21.2. The number of aliphatic carboxylic acids is 1. The molecule has 3 amide bonds. The third kappa shape index (κ3) is 15.2. The molecule has 0 bridgehead atoms. The molecule has 0 fully saturated rings. The third-order valence-corrected chi connectivity index (χ3v) is 3.80. The Morgan fingerprint density at radius 3 is 2.25 bits per heavy atom. The van der Waals surface area contributed by atoms with Gasteiger partial charge < -0.3 is 30.5 Å². The number of hydrogen-bond acceptors (Lipinski definition) is 7. The highest BCUT2D eigenvalue weighted by Gasteiger charge is 2.19. The Labute approximate surface area is 170 Å². The second-order valence-electron chi connectivity index (χ2n) is 5.83. The molecule has 0 saturated carbocycles. The number of ether oxygens (including phenoxy) is 2. The first-order valence-corrected chi connectivity index (χ1v) is 9.85. The van der Waals surface area contributed by atoms with Crippen LogP contribution in [0.3, 0.4) is 0 Å². The minimum absolute atomic E-state index is 0.0492. The molecule has 0 aliphatic rings. The summed E-state index contributed by atoms with van der Waals surface area (Å²) in [5, 5.41) is 16.9. The highest BCUT2D eigenvalue weighted by molar-refractivity contribution is 7.81. The molecule has 0 radical (unpaired) electrons. The highest BCUT2D eigenvalue weighted by Crippen LogP contribution is 2.01. The van der Waals surface area contributed by atoms with Gasteiger partial charge in [0.2, 0.25) is 17.7 Å². The summed E-state index contributed by atoms with van der Waals surface area (Å²) in [6.45, 7) is 3.12. The summed E-state index contributed by atoms with van der Waals surface area (Å²) < 4.78 is 10.4. The molecule has 0 spiro atoms. The second-order valence-corrected chi connectivity index (χ2v) is 6.15. The molecule has 0 aromatic rings. The molecule has 0 saturated heterocycles. The number of carbonyl (C=O) groups excluding carboxylic acids is 3. The Morgan fingerprint density at radius 2 is 1.61 bits per heavy atom. The monoisotopic (exact) mass is 421 g/mol. The van der Waals surface area contributed by atoms with Crippen molar-refractivity contribution in [1.29, 1.82) is 0 Å². The Hall–Kier alpha value is -1.85. The van der Waals surface area contributed by atoms with Gasteiger partial charge >= 0.3 is 5.97 Å². The van der Waals surface area contributed by atoms with Crippen LogP contribution >= 0.6 is 12.6 Å². The maximum absolute atomic E-state index is 11.8. The lowest BCUT2D eigenvalue weighted by molar-refractivity contribution is -0.142. The smallest absolute Gasteiger partial charge is 0.326 e. The Kier molecular flexibility index (Phi) is 16.1. The van der Waals surface area contributed by atoms with E-state index in [1.807, 2.05) is 0 Å². The van der Waals surface area contributed by atoms with Gasteiger partial charge in [-0.3, -0.25) is 14.4 Å². The summed E-state index contributed by atoms with van der Waals surface area (Å²) in [4.78, 5) is 45.0. The van der Waals surface area contributed by atoms with E-state index >= 15 is 0 Å². The fourth-order valence-corrected chi connectivity index (χ4v) is 2.13. The van der Waals surface area contributed by atoms with Crippen molar-refractivity contribution < 1.29 is 33.8 Å². The average Bonchev–Trinajstić information content (AvgIpc) is 2.67. The van der Waals surface area contributed by atoms with Crippen LogP contribution in [0.2, 0.25) is 0 Å². The number of hydrogen-bond donors (Lipinski definition) is 5. The van der Waals surface area contributed by atoms with E-state index in [-0.39, 0.29) is 43.8 Å². The van der Waals surface area contributed by atoms with Crippen LogP contribution in [-0.4, -0.2) is 80.1 Å². The number of carboxylic acids is 1. The van der Waals surface area contributed by atoms with E-state index in [0.29, 0.717) is 39.0 Å². The first-order valence-electron chi connectivity index (χ1n) is 9.22. The lowest BCUT2D eigenvalue weighted by Gasteiger charge is -2.14. The molecule has 11 heteroatoms. The number of amides is 3. The largest absolute Gasteiger partial charge is 0.480 e. The summed E-state index contributed by atoms with van der Waals surface area (Å²) in [6.07, 6.45) is 1.81. The minimum atomic E-state index is -1.12. The van der Waals surface area contributed by atoms with Gasteiger partial charge in [0.05, 0.1) is 25.6 Å². The Balaban J connectivity index is 3.77. The molecule has 162 valence electrons. The molecule has 0 aliphatic heterocycles. The van der Waals surface area contributed by atoms with Crippen molar-refractivity contribution >= 4 is 36.3 Å². The third-order valence-electron chi connectivity index (χ3n) is 3.51. The lowest BCUT2D eigenvalue weighted by atomic mass is 10.1. The quantitative estimate of drug-likeness (QED) is 0.155. The van der Waals surface area contributed by atoms with Gasteiger partial charge in [0.1, 0.15) is 12.6 Å². The van der Waals surface area contributed by atoms with E-state index in [0.717, 1.165) is 0 Å². The molecular formula is C17H31N3O7S. The number of carboxylic acid groups (broad SMARTS) is 1. The van der Waals surface area contributed by atoms with Gasteiger partial charge in [0.15, 0.2) is 0 Å². The zero-order valence-corrected chi connectivity index (χ0v) is 17.1. The molecule has 0 rings (SSSR count). The molecule has 0 heterocycles. The molecule has 0 aliphatic carbocycles. The molecule has 10 nitrogen and oxygen atoms in total. The number of thiol groups is 1. The van der Waals surface area contributed by atoms with Crippen molar-refractivity contribution in [3.05, 3.63) is 0 Å². The van der Waals surface area contributed by atoms with Gasteiger partial charge in [0, 0.05) is 19.5 Å². The van der Waals surface area contributed by atoms with Gasteiger partial charge in [-0.15, -0.1) is 0 Å². The summed E-state index contributed by atoms with van der Waals surface area (Å²) in [6, 6.07) is -1.00. The summed E-state index contributed by atoms with van der Waals surface area (Å²) in [5.74, 6) is -1.77. The van der Waals surface area contributed by atoms with Crippen molar-refractivity contribution in [2.24, 2.45) is 0 Å². The normalized spacial score (nSPS) is 11.5. The number of unbranched alkanes of at least 4 members (excludes halogenated alkanes) is 1. The molecule has 0 aromatic carbocycles. The zero-order valence-electron chi connectivity index (χ0n) is 16.2. The van der Waals surface area contributed by atoms with Gasteiger partial charge in [-0.2, -0.15) is 12.6 Å². The maximum atomic E-state index is 11.8. The minimum Gasteiger partial charge on any atom is -0.480 e. The van der Waals surface area contributed by atoms with Gasteiger partial charge in [-0.1, -0.05) is 6.92 Å². The molecular weight excluding hydrogens is 390 g/mol. The topological polar surface area (TPSA) is 143 Å². The molecule has 1 atom stereocenters. The first kappa shape index (κ1) is 26.1. The van der Waals surface area contributed by atoms with Crippen LogP contribution in [0.15, 0.2) is 0 Å². The number of carbonyl (C=O) groups is 4. The molecule has 4 N–H and O–H groups in total. The predicted octanol–water partition coefficient (Wildman–Crippen LogP) is -0.668. The van der Waals surface area contributed by atoms with E-state index in [4.69, 9.17) is 14.6 Å². The van der Waals surface area contributed by atoms with Gasteiger partial charge in [0.25, 0.3) is 0 Å². The van der Waals surface area contributed by atoms with Crippen LogP contribution in [-0.2, 0) is 28.7 Å². The number of nitrogens with one attached hydrogen (secondary N) is 3. The Bertz CT molecular complexity index is 491. The average molecular weight is 422 g/mol. The fourth-order valence-electron chi connectivity index (χ4n) is 2.02. The second kappa shape index (κ2) is 17.3. The Morgan fingerprint density at radius 1 is 0.929 bits per heavy atom. The molecule has 0 aromatic heterocycles. The molecule has 28 heavy (non-hydrogen) atoms. The highest BCUT2D eigenvalue weighted by atomic mass is 32.1. The van der Waals surface area contributed by atoms with Crippen LogP contribution in [0, 0.1) is 0 Å². The van der Waals surface area contributed by atoms with Crippen molar-refractivity contribution in [2.75, 3.05) is 45.3 Å². The van der Waals surface area contributed by atoms with Gasteiger partial charge in [-0.25, -0.2) is 4.79 Å². The number of rotatable bonds is 17. The van der Waals surface area contributed by atoms with Gasteiger partial charge in [-0.05, 0) is 19.3 Å². The van der Waals surface area contributed by atoms with Crippen molar-refractivity contribution in [1.82, 2.24) is 16.0 Å². The van der Waals surface area contributed by atoms with E-state index in [9.17, 15) is 19.2 Å². The van der Waals surface area contributed by atoms with E-state index in [2.05, 4.69) is 28.6 Å². The fraction of sp³-hybridized carbons (Fsp3) is 0.765. The summed E-state index contributed by atoms with van der Waals surface area (Å²) >= 11 is 3.83. The first-order chi connectivity index (χ1) is 13.4. The van der Waals surface area contributed by atoms with Crippen LogP contribution in [0.1, 0.15) is 32.6 Å². The van der Waals surface area contributed by atoms with Crippen molar-refractivity contribution in [3.8, 4) is 0 Å². The standard InChI is InChI=1S/C17H31N3O7S/c1-2-14(21)19-7-8-26-9-10-27-11-15(22)20-13(17(24)25)5-3-4-6-18-16(23)12-28/h13,28H,2-12H2,1H3,(H,18,23)(H,19,21)(H,20,22)(H,24,25). The maximum Gasteiger partial charge on any atom is 0.326 e. The van der Waals surface area contributed by atoms with E-state index in [1.165, 1.54) is 0 Å². The van der Waals surface area contributed by atoms with Crippen LogP contribution in [0.4, 0.5) is 0 Å². The van der Waals surface area contributed by atoms with Crippen LogP contribution in [0.5, 0.6) is 0 Å². The van der Waals surface area contributed by atoms with Crippen molar-refractivity contribution in [2.45, 2.75) is 38.6 Å². The van der Waals surface area contributed by atoms with E-state index in [1.54, 1.807) is 6.92 Å².